The molecule has 0 spiro atoms. The molecule has 0 amide bonds. The van der Waals surface area contributed by atoms with Gasteiger partial charge in [-0.25, -0.2) is 4.98 Å². The molecule has 21 heavy (non-hydrogen) atoms. The summed E-state index contributed by atoms with van der Waals surface area (Å²) in [4.78, 5) is 18.1. The van der Waals surface area contributed by atoms with Crippen LogP contribution in [0.4, 0.5) is 0 Å². The van der Waals surface area contributed by atoms with Gasteiger partial charge >= 0.3 is 0 Å². The van der Waals surface area contributed by atoms with E-state index in [0.717, 1.165) is 22.0 Å². The predicted molar refractivity (Wildman–Crippen MR) is 84.2 cm³/mol. The number of aryl methyl sites for hydroxylation is 1. The molecule has 0 aliphatic rings. The van der Waals surface area contributed by atoms with Gasteiger partial charge in [-0.15, -0.1) is 11.8 Å². The van der Waals surface area contributed by atoms with Crippen LogP contribution in [-0.4, -0.2) is 19.7 Å². The number of aromatic hydroxyl groups is 1. The molecule has 2 aromatic heterocycles. The summed E-state index contributed by atoms with van der Waals surface area (Å²) >= 11 is 2.97. The molecule has 3 rings (SSSR count). The van der Waals surface area contributed by atoms with Crippen LogP contribution >= 0.6 is 23.1 Å². The number of nitrogens with zero attached hydrogens (tertiary/aromatic N) is 3. The van der Waals surface area contributed by atoms with Crippen molar-refractivity contribution in [1.29, 1.82) is 0 Å². The molecule has 0 aliphatic heterocycles. The summed E-state index contributed by atoms with van der Waals surface area (Å²) in [6, 6.07) is 8.54. The molecule has 0 saturated carbocycles. The van der Waals surface area contributed by atoms with Crippen molar-refractivity contribution in [3.63, 3.8) is 0 Å². The monoisotopic (exact) mass is 319 g/mol. The third kappa shape index (κ3) is 3.08. The second-order valence-corrected chi connectivity index (χ2v) is 6.50. The molecule has 0 saturated heterocycles. The predicted octanol–water partition coefficient (Wildman–Crippen LogP) is 2.71. The van der Waals surface area contributed by atoms with Crippen LogP contribution in [0.25, 0.3) is 4.96 Å². The second-order valence-electron chi connectivity index (χ2n) is 4.42. The zero-order valence-electron chi connectivity index (χ0n) is 11.3. The molecule has 2 heterocycles. The fourth-order valence-corrected chi connectivity index (χ4v) is 3.54. The smallest absolute Gasteiger partial charge is 0.275 e. The SMILES string of the molecule is CCc1nn2c(=O)cc(CSc3cccc(O)c3)nc2s1. The van der Waals surface area contributed by atoms with Crippen LogP contribution in [0.3, 0.4) is 0 Å². The van der Waals surface area contributed by atoms with Crippen LogP contribution in [0.2, 0.25) is 0 Å². The Hall–Kier alpha value is -1.86. The Labute approximate surface area is 129 Å². The van der Waals surface area contributed by atoms with Gasteiger partial charge in [0.15, 0.2) is 0 Å². The Bertz CT molecular complexity index is 842. The van der Waals surface area contributed by atoms with Gasteiger partial charge in [-0.2, -0.15) is 9.61 Å². The van der Waals surface area contributed by atoms with Gasteiger partial charge < -0.3 is 5.11 Å². The Morgan fingerprint density at radius 2 is 2.24 bits per heavy atom. The number of aromatic nitrogens is 3. The molecule has 0 unspecified atom stereocenters. The van der Waals surface area contributed by atoms with Crippen LogP contribution in [0.1, 0.15) is 17.6 Å². The van der Waals surface area contributed by atoms with Crippen molar-refractivity contribution in [3.05, 3.63) is 51.4 Å². The molecule has 1 N–H and O–H groups in total. The maximum atomic E-state index is 12.0. The van der Waals surface area contributed by atoms with Crippen LogP contribution in [0.5, 0.6) is 5.75 Å². The lowest BCUT2D eigenvalue weighted by Crippen LogP contribution is -2.15. The van der Waals surface area contributed by atoms with Crippen molar-refractivity contribution in [1.82, 2.24) is 14.6 Å². The number of benzene rings is 1. The van der Waals surface area contributed by atoms with Crippen LogP contribution in [0, 0.1) is 0 Å². The molecule has 1 aromatic carbocycles. The number of rotatable bonds is 4. The van der Waals surface area contributed by atoms with E-state index in [1.54, 1.807) is 18.2 Å². The average molecular weight is 319 g/mol. The van der Waals surface area contributed by atoms with E-state index >= 15 is 0 Å². The Kier molecular flexibility index (Phi) is 3.94. The van der Waals surface area contributed by atoms with Crippen molar-refractivity contribution >= 4 is 28.1 Å². The zero-order chi connectivity index (χ0) is 14.8. The maximum Gasteiger partial charge on any atom is 0.275 e. The molecule has 0 radical (unpaired) electrons. The summed E-state index contributed by atoms with van der Waals surface area (Å²) in [5, 5.41) is 14.6. The summed E-state index contributed by atoms with van der Waals surface area (Å²) in [6.45, 7) is 2.00. The molecule has 108 valence electrons. The van der Waals surface area contributed by atoms with E-state index in [4.69, 9.17) is 0 Å². The van der Waals surface area contributed by atoms with E-state index in [1.807, 2.05) is 13.0 Å². The molecular weight excluding hydrogens is 306 g/mol. The lowest BCUT2D eigenvalue weighted by atomic mass is 10.3. The standard InChI is InChI=1S/C14H13N3O2S2/c1-2-12-16-17-13(19)6-9(15-14(17)21-12)8-20-11-5-3-4-10(18)7-11/h3-7,18H,2,8H2,1H3. The largest absolute Gasteiger partial charge is 0.508 e. The topological polar surface area (TPSA) is 67.5 Å². The molecule has 0 bridgehead atoms. The second kappa shape index (κ2) is 5.87. The van der Waals surface area contributed by atoms with Crippen molar-refractivity contribution in [2.24, 2.45) is 0 Å². The number of fused-ring (bicyclic) bond motifs is 1. The van der Waals surface area contributed by atoms with Crippen LogP contribution in [0.15, 0.2) is 40.0 Å². The van der Waals surface area contributed by atoms with Crippen molar-refractivity contribution in [2.45, 2.75) is 24.0 Å². The molecular formula is C14H13N3O2S2. The fraction of sp³-hybridized carbons (Fsp3) is 0.214. The van der Waals surface area contributed by atoms with E-state index in [0.29, 0.717) is 10.7 Å². The van der Waals surface area contributed by atoms with Crippen LogP contribution in [-0.2, 0) is 12.2 Å². The van der Waals surface area contributed by atoms with Gasteiger partial charge in [-0.1, -0.05) is 24.3 Å². The van der Waals surface area contributed by atoms with E-state index in [1.165, 1.54) is 33.7 Å². The van der Waals surface area contributed by atoms with E-state index < -0.39 is 0 Å². The maximum absolute atomic E-state index is 12.0. The summed E-state index contributed by atoms with van der Waals surface area (Å²) < 4.78 is 1.35. The summed E-state index contributed by atoms with van der Waals surface area (Å²) in [6.07, 6.45) is 0.793. The highest BCUT2D eigenvalue weighted by Gasteiger charge is 2.08. The Morgan fingerprint density at radius 3 is 3.00 bits per heavy atom. The number of thioether (sulfide) groups is 1. The molecule has 0 atom stereocenters. The first-order valence-electron chi connectivity index (χ1n) is 6.46. The lowest BCUT2D eigenvalue weighted by Gasteiger charge is -2.02. The number of hydrogen-bond acceptors (Lipinski definition) is 6. The minimum absolute atomic E-state index is 0.151. The van der Waals surface area contributed by atoms with E-state index in [9.17, 15) is 9.90 Å². The minimum atomic E-state index is -0.151. The third-order valence-corrected chi connectivity index (χ3v) is 4.93. The normalized spacial score (nSPS) is 11.1. The highest BCUT2D eigenvalue weighted by molar-refractivity contribution is 7.98. The molecule has 0 fully saturated rings. The van der Waals surface area contributed by atoms with Gasteiger partial charge in [0.1, 0.15) is 10.8 Å². The first kappa shape index (κ1) is 14.1. The third-order valence-electron chi connectivity index (χ3n) is 2.85. The summed E-state index contributed by atoms with van der Waals surface area (Å²) in [5.74, 6) is 0.813. The Balaban J connectivity index is 1.85. The van der Waals surface area contributed by atoms with Gasteiger partial charge in [0, 0.05) is 16.7 Å². The van der Waals surface area contributed by atoms with Gasteiger partial charge in [0.05, 0.1) is 5.69 Å². The van der Waals surface area contributed by atoms with Crippen LogP contribution < -0.4 is 5.56 Å². The van der Waals surface area contributed by atoms with Crippen molar-refractivity contribution in [2.75, 3.05) is 0 Å². The summed E-state index contributed by atoms with van der Waals surface area (Å²) in [7, 11) is 0. The lowest BCUT2D eigenvalue weighted by molar-refractivity contribution is 0.474. The molecule has 5 nitrogen and oxygen atoms in total. The van der Waals surface area contributed by atoms with Gasteiger partial charge in [-0.3, -0.25) is 4.79 Å². The number of hydrogen-bond donors (Lipinski definition) is 1. The zero-order valence-corrected chi connectivity index (χ0v) is 12.9. The molecule has 7 heteroatoms. The first-order valence-corrected chi connectivity index (χ1v) is 8.26. The average Bonchev–Trinajstić information content (AvgIpc) is 2.89. The van der Waals surface area contributed by atoms with E-state index in [2.05, 4.69) is 10.1 Å². The highest BCUT2D eigenvalue weighted by Crippen LogP contribution is 2.25. The van der Waals surface area contributed by atoms with Crippen molar-refractivity contribution < 1.29 is 5.11 Å². The number of phenols is 1. The molecule has 3 aromatic rings. The van der Waals surface area contributed by atoms with Crippen molar-refractivity contribution in [3.8, 4) is 5.75 Å². The fourth-order valence-electron chi connectivity index (χ4n) is 1.84. The molecule has 0 aliphatic carbocycles. The number of phenolic OH excluding ortho intramolecular Hbond substituents is 1. The first-order chi connectivity index (χ1) is 10.2. The van der Waals surface area contributed by atoms with Gasteiger partial charge in [0.25, 0.3) is 5.56 Å². The van der Waals surface area contributed by atoms with Gasteiger partial charge in [0.2, 0.25) is 4.96 Å². The Morgan fingerprint density at radius 1 is 1.38 bits per heavy atom. The quantitative estimate of drug-likeness (QED) is 0.749. The minimum Gasteiger partial charge on any atom is -0.508 e. The van der Waals surface area contributed by atoms with E-state index in [-0.39, 0.29) is 11.3 Å². The summed E-state index contributed by atoms with van der Waals surface area (Å²) in [5.41, 5.74) is 0.571. The highest BCUT2D eigenvalue weighted by atomic mass is 32.2. The van der Waals surface area contributed by atoms with Gasteiger partial charge in [-0.05, 0) is 24.6 Å².